The predicted octanol–water partition coefficient (Wildman–Crippen LogP) is 2.81. The Bertz CT molecular complexity index is 170. The van der Waals surface area contributed by atoms with Crippen molar-refractivity contribution in [3.63, 3.8) is 0 Å². The van der Waals surface area contributed by atoms with Crippen molar-refractivity contribution in [1.29, 1.82) is 0 Å². The Morgan fingerprint density at radius 1 is 1.38 bits per heavy atom. The Morgan fingerprint density at radius 2 is 2.15 bits per heavy atom. The summed E-state index contributed by atoms with van der Waals surface area (Å²) in [6.45, 7) is 2.25. The molecule has 1 aliphatic rings. The average molecular weight is 190 g/mol. The van der Waals surface area contributed by atoms with Crippen molar-refractivity contribution in [2.75, 3.05) is 6.61 Å². The zero-order valence-corrected chi connectivity index (χ0v) is 7.88. The van der Waals surface area contributed by atoms with E-state index in [-0.39, 0.29) is 0 Å². The minimum Gasteiger partial charge on any atom is -0.371 e. The molecule has 1 saturated carbocycles. The number of rotatable bonds is 3. The first kappa shape index (κ1) is 10.6. The van der Waals surface area contributed by atoms with E-state index in [0.717, 1.165) is 6.42 Å². The van der Waals surface area contributed by atoms with E-state index in [4.69, 9.17) is 4.74 Å². The Labute approximate surface area is 77.8 Å². The molecule has 3 unspecified atom stereocenters. The standard InChI is InChI=1S/C10H16F2O/c1-2-3-7-13-9-6-4-5-8(11)10(9)12/h2-3,8-10H,4-7H2,1H3/b3-2+. The van der Waals surface area contributed by atoms with Gasteiger partial charge in [-0.2, -0.15) is 0 Å². The van der Waals surface area contributed by atoms with E-state index < -0.39 is 18.4 Å². The van der Waals surface area contributed by atoms with Crippen LogP contribution in [-0.4, -0.2) is 25.1 Å². The van der Waals surface area contributed by atoms with E-state index in [2.05, 4.69) is 0 Å². The van der Waals surface area contributed by atoms with Gasteiger partial charge in [0, 0.05) is 0 Å². The zero-order chi connectivity index (χ0) is 9.68. The molecule has 3 atom stereocenters. The lowest BCUT2D eigenvalue weighted by atomic mass is 9.94. The van der Waals surface area contributed by atoms with Crippen LogP contribution in [0.4, 0.5) is 8.78 Å². The van der Waals surface area contributed by atoms with Crippen molar-refractivity contribution in [3.05, 3.63) is 12.2 Å². The number of hydrogen-bond donors (Lipinski definition) is 0. The molecular formula is C10H16F2O. The fraction of sp³-hybridized carbons (Fsp3) is 0.800. The number of hydrogen-bond acceptors (Lipinski definition) is 1. The monoisotopic (exact) mass is 190 g/mol. The van der Waals surface area contributed by atoms with Crippen molar-refractivity contribution in [2.45, 2.75) is 44.6 Å². The summed E-state index contributed by atoms with van der Waals surface area (Å²) in [7, 11) is 0. The molecule has 3 heteroatoms. The molecule has 0 bridgehead atoms. The smallest absolute Gasteiger partial charge is 0.157 e. The summed E-state index contributed by atoms with van der Waals surface area (Å²) in [5.41, 5.74) is 0. The maximum absolute atomic E-state index is 13.1. The molecule has 13 heavy (non-hydrogen) atoms. The summed E-state index contributed by atoms with van der Waals surface area (Å²) in [5.74, 6) is 0. The molecule has 0 aromatic rings. The van der Waals surface area contributed by atoms with Crippen molar-refractivity contribution in [1.82, 2.24) is 0 Å². The minimum absolute atomic E-state index is 0.338. The van der Waals surface area contributed by atoms with Crippen LogP contribution in [0.5, 0.6) is 0 Å². The molecule has 1 aliphatic carbocycles. The fourth-order valence-electron chi connectivity index (χ4n) is 1.52. The molecule has 76 valence electrons. The third kappa shape index (κ3) is 3.07. The Balaban J connectivity index is 2.30. The Morgan fingerprint density at radius 3 is 2.85 bits per heavy atom. The van der Waals surface area contributed by atoms with Crippen molar-refractivity contribution < 1.29 is 13.5 Å². The third-order valence-electron chi connectivity index (χ3n) is 2.31. The van der Waals surface area contributed by atoms with Crippen LogP contribution in [0, 0.1) is 0 Å². The van der Waals surface area contributed by atoms with Gasteiger partial charge in [-0.3, -0.25) is 0 Å². The molecular weight excluding hydrogens is 174 g/mol. The van der Waals surface area contributed by atoms with Crippen LogP contribution in [-0.2, 0) is 4.74 Å². The van der Waals surface area contributed by atoms with Gasteiger partial charge < -0.3 is 4.74 Å². The highest BCUT2D eigenvalue weighted by Gasteiger charge is 2.33. The van der Waals surface area contributed by atoms with E-state index >= 15 is 0 Å². The van der Waals surface area contributed by atoms with Gasteiger partial charge in [0.05, 0.1) is 12.7 Å². The third-order valence-corrected chi connectivity index (χ3v) is 2.31. The van der Waals surface area contributed by atoms with Crippen LogP contribution in [0.3, 0.4) is 0 Å². The summed E-state index contributed by atoms with van der Waals surface area (Å²) in [6.07, 6.45) is 2.03. The van der Waals surface area contributed by atoms with E-state index in [1.54, 1.807) is 6.08 Å². The highest BCUT2D eigenvalue weighted by Crippen LogP contribution is 2.26. The first-order valence-corrected chi connectivity index (χ1v) is 4.76. The SMILES string of the molecule is C/C=C/COC1CCCC(F)C1F. The van der Waals surface area contributed by atoms with Crippen LogP contribution in [0.1, 0.15) is 26.2 Å². The highest BCUT2D eigenvalue weighted by atomic mass is 19.2. The predicted molar refractivity (Wildman–Crippen MR) is 48.2 cm³/mol. The van der Waals surface area contributed by atoms with Gasteiger partial charge in [0.2, 0.25) is 0 Å². The summed E-state index contributed by atoms with van der Waals surface area (Å²) in [6, 6.07) is 0. The quantitative estimate of drug-likeness (QED) is 0.622. The second-order valence-corrected chi connectivity index (χ2v) is 3.33. The number of halogens is 2. The van der Waals surface area contributed by atoms with Crippen LogP contribution in [0.25, 0.3) is 0 Å². The van der Waals surface area contributed by atoms with Gasteiger partial charge >= 0.3 is 0 Å². The molecule has 1 rings (SSSR count). The molecule has 0 amide bonds. The van der Waals surface area contributed by atoms with Crippen LogP contribution in [0.15, 0.2) is 12.2 Å². The van der Waals surface area contributed by atoms with E-state index in [9.17, 15) is 8.78 Å². The van der Waals surface area contributed by atoms with E-state index in [1.807, 2.05) is 13.0 Å². The topological polar surface area (TPSA) is 9.23 Å². The van der Waals surface area contributed by atoms with Crippen LogP contribution < -0.4 is 0 Å². The number of allylic oxidation sites excluding steroid dienone is 1. The summed E-state index contributed by atoms with van der Waals surface area (Å²) in [4.78, 5) is 0. The lowest BCUT2D eigenvalue weighted by Gasteiger charge is -2.28. The molecule has 0 aromatic heterocycles. The second kappa shape index (κ2) is 5.32. The zero-order valence-electron chi connectivity index (χ0n) is 7.88. The van der Waals surface area contributed by atoms with Gasteiger partial charge in [0.15, 0.2) is 6.17 Å². The highest BCUT2D eigenvalue weighted by molar-refractivity contribution is 4.84. The first-order valence-electron chi connectivity index (χ1n) is 4.76. The first-order chi connectivity index (χ1) is 6.25. The van der Waals surface area contributed by atoms with Crippen molar-refractivity contribution in [3.8, 4) is 0 Å². The molecule has 1 nitrogen and oxygen atoms in total. The van der Waals surface area contributed by atoms with Crippen molar-refractivity contribution in [2.24, 2.45) is 0 Å². The summed E-state index contributed by atoms with van der Waals surface area (Å²) >= 11 is 0. The number of alkyl halides is 2. The molecule has 0 aromatic carbocycles. The summed E-state index contributed by atoms with van der Waals surface area (Å²) < 4.78 is 31.2. The maximum Gasteiger partial charge on any atom is 0.157 e. The summed E-state index contributed by atoms with van der Waals surface area (Å²) in [5, 5.41) is 0. The normalized spacial score (nSPS) is 35.5. The van der Waals surface area contributed by atoms with E-state index in [0.29, 0.717) is 19.4 Å². The van der Waals surface area contributed by atoms with Gasteiger partial charge in [-0.25, -0.2) is 8.78 Å². The lowest BCUT2D eigenvalue weighted by Crippen LogP contribution is -2.37. The van der Waals surface area contributed by atoms with Gasteiger partial charge in [-0.05, 0) is 26.2 Å². The van der Waals surface area contributed by atoms with Crippen LogP contribution in [0.2, 0.25) is 0 Å². The molecule has 0 radical (unpaired) electrons. The molecule has 0 heterocycles. The molecule has 0 aliphatic heterocycles. The number of ether oxygens (including phenoxy) is 1. The Kier molecular flexibility index (Phi) is 4.36. The van der Waals surface area contributed by atoms with Gasteiger partial charge in [0.1, 0.15) is 6.17 Å². The average Bonchev–Trinajstić information content (AvgIpc) is 2.13. The molecule has 0 N–H and O–H groups in total. The minimum atomic E-state index is -1.43. The van der Waals surface area contributed by atoms with E-state index in [1.165, 1.54) is 0 Å². The maximum atomic E-state index is 13.1. The Hall–Kier alpha value is -0.440. The molecule has 0 saturated heterocycles. The molecule has 0 spiro atoms. The largest absolute Gasteiger partial charge is 0.371 e. The van der Waals surface area contributed by atoms with Gasteiger partial charge in [-0.15, -0.1) is 0 Å². The molecule has 1 fully saturated rings. The fourth-order valence-corrected chi connectivity index (χ4v) is 1.52. The van der Waals surface area contributed by atoms with Gasteiger partial charge in [-0.1, -0.05) is 12.2 Å². The lowest BCUT2D eigenvalue weighted by molar-refractivity contribution is -0.0455. The van der Waals surface area contributed by atoms with Crippen LogP contribution >= 0.6 is 0 Å². The second-order valence-electron chi connectivity index (χ2n) is 3.33. The van der Waals surface area contributed by atoms with Crippen molar-refractivity contribution >= 4 is 0 Å². The van der Waals surface area contributed by atoms with Gasteiger partial charge in [0.25, 0.3) is 0 Å².